The zero-order valence-corrected chi connectivity index (χ0v) is 7.32. The van der Waals surface area contributed by atoms with Gasteiger partial charge >= 0.3 is 6.03 Å². The molecule has 72 valence electrons. The summed E-state index contributed by atoms with van der Waals surface area (Å²) in [6.07, 6.45) is 3.35. The zero-order valence-electron chi connectivity index (χ0n) is 7.32. The highest BCUT2D eigenvalue weighted by Crippen LogP contribution is 2.05. The highest BCUT2D eigenvalue weighted by atomic mass is 16.2. The third-order valence-electron chi connectivity index (χ3n) is 1.75. The van der Waals surface area contributed by atoms with Gasteiger partial charge < -0.3 is 16.0 Å². The van der Waals surface area contributed by atoms with E-state index in [0.717, 1.165) is 11.2 Å². The first kappa shape index (κ1) is 8.49. The second-order valence-corrected chi connectivity index (χ2v) is 2.79. The van der Waals surface area contributed by atoms with E-state index in [1.165, 1.54) is 0 Å². The van der Waals surface area contributed by atoms with Crippen LogP contribution in [0.15, 0.2) is 18.5 Å². The molecule has 6 nitrogen and oxygen atoms in total. The molecule has 0 unspecified atom stereocenters. The van der Waals surface area contributed by atoms with Crippen LogP contribution in [0.1, 0.15) is 5.69 Å². The number of urea groups is 1. The Kier molecular flexibility index (Phi) is 2.02. The topological polar surface area (TPSA) is 96.7 Å². The molecule has 0 radical (unpaired) electrons. The van der Waals surface area contributed by atoms with Crippen molar-refractivity contribution in [3.05, 3.63) is 24.2 Å². The van der Waals surface area contributed by atoms with Crippen LogP contribution in [0.2, 0.25) is 0 Å². The van der Waals surface area contributed by atoms with E-state index >= 15 is 0 Å². The standard InChI is InChI=1S/C8H9N5O/c9-8(14)12-4-5-3-11-7-6(13-5)1-2-10-7/h1-3H,4H2,(H,10,11)(H3,9,12,14). The van der Waals surface area contributed by atoms with Gasteiger partial charge in [0.15, 0.2) is 5.65 Å². The Balaban J connectivity index is 2.21. The molecule has 14 heavy (non-hydrogen) atoms. The van der Waals surface area contributed by atoms with Gasteiger partial charge in [-0.15, -0.1) is 0 Å². The number of rotatable bonds is 2. The van der Waals surface area contributed by atoms with E-state index in [0.29, 0.717) is 12.2 Å². The Morgan fingerprint density at radius 2 is 2.50 bits per heavy atom. The summed E-state index contributed by atoms with van der Waals surface area (Å²) in [5, 5.41) is 2.44. The van der Waals surface area contributed by atoms with Crippen molar-refractivity contribution in [2.24, 2.45) is 5.73 Å². The molecule has 0 atom stereocenters. The molecule has 4 N–H and O–H groups in total. The molecule has 0 fully saturated rings. The number of primary amides is 1. The normalized spacial score (nSPS) is 10.3. The molecular weight excluding hydrogens is 182 g/mol. The van der Waals surface area contributed by atoms with Gasteiger partial charge in [-0.05, 0) is 6.07 Å². The van der Waals surface area contributed by atoms with Crippen molar-refractivity contribution in [1.82, 2.24) is 20.3 Å². The van der Waals surface area contributed by atoms with Crippen molar-refractivity contribution >= 4 is 17.2 Å². The monoisotopic (exact) mass is 191 g/mol. The number of nitrogens with two attached hydrogens (primary N) is 1. The van der Waals surface area contributed by atoms with Crippen LogP contribution < -0.4 is 11.1 Å². The Hall–Kier alpha value is -2.11. The molecule has 0 aliphatic heterocycles. The molecule has 0 spiro atoms. The maximum atomic E-state index is 10.4. The van der Waals surface area contributed by atoms with Gasteiger partial charge in [-0.1, -0.05) is 0 Å². The summed E-state index contributed by atoms with van der Waals surface area (Å²) in [6, 6.07) is 1.25. The van der Waals surface area contributed by atoms with Crippen molar-refractivity contribution in [3.63, 3.8) is 0 Å². The molecule has 0 aromatic carbocycles. The maximum absolute atomic E-state index is 10.4. The highest BCUT2D eigenvalue weighted by Gasteiger charge is 2.00. The second kappa shape index (κ2) is 3.33. The molecule has 2 rings (SSSR count). The fourth-order valence-corrected chi connectivity index (χ4v) is 1.13. The predicted molar refractivity (Wildman–Crippen MR) is 50.3 cm³/mol. The summed E-state index contributed by atoms with van der Waals surface area (Å²) in [4.78, 5) is 21.7. The zero-order chi connectivity index (χ0) is 9.97. The molecule has 0 saturated heterocycles. The SMILES string of the molecule is NC(=O)NCc1cnc2[nH]ccc2n1. The molecule has 6 heteroatoms. The van der Waals surface area contributed by atoms with E-state index in [4.69, 9.17) is 5.73 Å². The van der Waals surface area contributed by atoms with Gasteiger partial charge in [-0.3, -0.25) is 0 Å². The summed E-state index contributed by atoms with van der Waals surface area (Å²) in [5.74, 6) is 0. The second-order valence-electron chi connectivity index (χ2n) is 2.79. The van der Waals surface area contributed by atoms with Gasteiger partial charge in [-0.2, -0.15) is 0 Å². The quantitative estimate of drug-likeness (QED) is 0.629. The minimum absolute atomic E-state index is 0.295. The van der Waals surface area contributed by atoms with E-state index < -0.39 is 6.03 Å². The summed E-state index contributed by atoms with van der Waals surface area (Å²) in [7, 11) is 0. The number of aromatic nitrogens is 3. The molecule has 0 aliphatic carbocycles. The van der Waals surface area contributed by atoms with E-state index in [1.807, 2.05) is 6.07 Å². The Labute approximate surface area is 79.5 Å². The molecule has 2 amide bonds. The van der Waals surface area contributed by atoms with E-state index in [1.54, 1.807) is 12.4 Å². The van der Waals surface area contributed by atoms with Crippen LogP contribution >= 0.6 is 0 Å². The van der Waals surface area contributed by atoms with Crippen LogP contribution in [0.5, 0.6) is 0 Å². The highest BCUT2D eigenvalue weighted by molar-refractivity contribution is 5.72. The van der Waals surface area contributed by atoms with Crippen LogP contribution in [-0.4, -0.2) is 21.0 Å². The van der Waals surface area contributed by atoms with Crippen molar-refractivity contribution in [2.45, 2.75) is 6.54 Å². The van der Waals surface area contributed by atoms with Crippen LogP contribution in [0.3, 0.4) is 0 Å². The van der Waals surface area contributed by atoms with Crippen molar-refractivity contribution < 1.29 is 4.79 Å². The number of carbonyl (C=O) groups excluding carboxylic acids is 1. The van der Waals surface area contributed by atoms with Gasteiger partial charge in [0.1, 0.15) is 5.52 Å². The molecular formula is C8H9N5O. The molecule has 2 aromatic heterocycles. The fourth-order valence-electron chi connectivity index (χ4n) is 1.13. The minimum Gasteiger partial charge on any atom is -0.352 e. The lowest BCUT2D eigenvalue weighted by molar-refractivity contribution is 0.248. The number of fused-ring (bicyclic) bond motifs is 1. The average Bonchev–Trinajstić information content (AvgIpc) is 2.61. The van der Waals surface area contributed by atoms with Gasteiger partial charge in [0.25, 0.3) is 0 Å². The lowest BCUT2D eigenvalue weighted by Crippen LogP contribution is -2.29. The maximum Gasteiger partial charge on any atom is 0.312 e. The Morgan fingerprint density at radius 3 is 3.29 bits per heavy atom. The first-order valence-corrected chi connectivity index (χ1v) is 4.08. The summed E-state index contributed by atoms with van der Waals surface area (Å²) >= 11 is 0. The first-order chi connectivity index (χ1) is 6.75. The lowest BCUT2D eigenvalue weighted by atomic mass is 10.4. The Morgan fingerprint density at radius 1 is 1.64 bits per heavy atom. The summed E-state index contributed by atoms with van der Waals surface area (Å²) < 4.78 is 0. The number of hydrogen-bond donors (Lipinski definition) is 3. The van der Waals surface area contributed by atoms with Gasteiger partial charge in [0.2, 0.25) is 0 Å². The van der Waals surface area contributed by atoms with Gasteiger partial charge in [0.05, 0.1) is 18.4 Å². The largest absolute Gasteiger partial charge is 0.352 e. The molecule has 0 saturated carbocycles. The van der Waals surface area contributed by atoms with E-state index in [-0.39, 0.29) is 0 Å². The van der Waals surface area contributed by atoms with Crippen molar-refractivity contribution in [1.29, 1.82) is 0 Å². The Bertz CT molecular complexity index is 463. The molecule has 0 aliphatic rings. The number of hydrogen-bond acceptors (Lipinski definition) is 3. The number of aromatic amines is 1. The number of H-pyrrole nitrogens is 1. The average molecular weight is 191 g/mol. The van der Waals surface area contributed by atoms with Gasteiger partial charge in [-0.25, -0.2) is 14.8 Å². The van der Waals surface area contributed by atoms with Crippen LogP contribution in [-0.2, 0) is 6.54 Å². The lowest BCUT2D eigenvalue weighted by Gasteiger charge is -2.00. The van der Waals surface area contributed by atoms with Crippen molar-refractivity contribution in [3.8, 4) is 0 Å². The van der Waals surface area contributed by atoms with Crippen LogP contribution in [0.4, 0.5) is 4.79 Å². The predicted octanol–water partition coefficient (Wildman–Crippen LogP) is 0.126. The summed E-state index contributed by atoms with van der Waals surface area (Å²) in [6.45, 7) is 0.295. The smallest absolute Gasteiger partial charge is 0.312 e. The number of amides is 2. The fraction of sp³-hybridized carbons (Fsp3) is 0.125. The molecule has 2 aromatic rings. The molecule has 0 bridgehead atoms. The summed E-state index contributed by atoms with van der Waals surface area (Å²) in [5.41, 5.74) is 7.11. The van der Waals surface area contributed by atoms with E-state index in [2.05, 4.69) is 20.3 Å². The minimum atomic E-state index is -0.569. The first-order valence-electron chi connectivity index (χ1n) is 4.08. The molecule has 2 heterocycles. The third-order valence-corrected chi connectivity index (χ3v) is 1.75. The third kappa shape index (κ3) is 1.63. The van der Waals surface area contributed by atoms with E-state index in [9.17, 15) is 4.79 Å². The van der Waals surface area contributed by atoms with Crippen molar-refractivity contribution in [2.75, 3.05) is 0 Å². The van der Waals surface area contributed by atoms with Crippen LogP contribution in [0, 0.1) is 0 Å². The van der Waals surface area contributed by atoms with Crippen LogP contribution in [0.25, 0.3) is 11.2 Å². The number of nitrogens with zero attached hydrogens (tertiary/aromatic N) is 2. The van der Waals surface area contributed by atoms with Gasteiger partial charge in [0, 0.05) is 6.20 Å². The number of carbonyl (C=O) groups is 1. The number of nitrogens with one attached hydrogen (secondary N) is 2.